The summed E-state index contributed by atoms with van der Waals surface area (Å²) in [7, 11) is 0. The number of carboxylic acid groups (broad SMARTS) is 1. The largest absolute Gasteiger partial charge is 0.481 e. The molecule has 0 saturated heterocycles. The highest BCUT2D eigenvalue weighted by atomic mass is 16.5. The molecule has 0 aliphatic heterocycles. The average Bonchev–Trinajstić information content (AvgIpc) is 3.00. The Kier molecular flexibility index (Phi) is 7.14. The molecular weight excluding hydrogens is 372 g/mol. The standard InChI is InChI=1S/C20H18N2O5.C2H6/c1-12-17(19(25)20(21)26)18-14(8-5-9-15(18)27-11-16(23)24)22(12)10-13-6-3-2-4-7-13;1-2/h2-9H,10-11H2,1H3,(H2,21,26)(H,23,24);1-2H3. The smallest absolute Gasteiger partial charge is 0.341 e. The molecular formula is C22H24N2O5. The first-order valence-corrected chi connectivity index (χ1v) is 9.24. The van der Waals surface area contributed by atoms with Gasteiger partial charge in [-0.15, -0.1) is 0 Å². The molecule has 3 rings (SSSR count). The van der Waals surface area contributed by atoms with Crippen molar-refractivity contribution in [1.82, 2.24) is 4.57 Å². The van der Waals surface area contributed by atoms with Crippen LogP contribution in [0.4, 0.5) is 0 Å². The van der Waals surface area contributed by atoms with Gasteiger partial charge < -0.3 is 20.1 Å². The predicted molar refractivity (Wildman–Crippen MR) is 110 cm³/mol. The topological polar surface area (TPSA) is 112 Å². The van der Waals surface area contributed by atoms with Crippen LogP contribution in [0.3, 0.4) is 0 Å². The minimum absolute atomic E-state index is 0.134. The summed E-state index contributed by atoms with van der Waals surface area (Å²) in [5, 5.41) is 9.28. The quantitative estimate of drug-likeness (QED) is 0.471. The molecule has 0 radical (unpaired) electrons. The highest BCUT2D eigenvalue weighted by Gasteiger charge is 2.26. The van der Waals surface area contributed by atoms with Crippen molar-refractivity contribution in [3.63, 3.8) is 0 Å². The number of ether oxygens (including phenoxy) is 1. The first-order chi connectivity index (χ1) is 13.9. The average molecular weight is 396 g/mol. The monoisotopic (exact) mass is 396 g/mol. The van der Waals surface area contributed by atoms with Gasteiger partial charge in [0.2, 0.25) is 0 Å². The van der Waals surface area contributed by atoms with E-state index in [9.17, 15) is 14.4 Å². The van der Waals surface area contributed by atoms with Crippen LogP contribution in [0.15, 0.2) is 48.5 Å². The van der Waals surface area contributed by atoms with E-state index in [-0.39, 0.29) is 11.3 Å². The molecule has 1 aromatic heterocycles. The highest BCUT2D eigenvalue weighted by molar-refractivity contribution is 6.45. The second-order valence-corrected chi connectivity index (χ2v) is 6.06. The number of carboxylic acids is 1. The van der Waals surface area contributed by atoms with Crippen LogP contribution in [0, 0.1) is 6.92 Å². The van der Waals surface area contributed by atoms with Crippen LogP contribution < -0.4 is 10.5 Å². The number of primary amides is 1. The van der Waals surface area contributed by atoms with E-state index in [1.807, 2.05) is 48.7 Å². The number of benzene rings is 2. The molecule has 3 aromatic rings. The molecule has 0 aliphatic rings. The maximum Gasteiger partial charge on any atom is 0.341 e. The highest BCUT2D eigenvalue weighted by Crippen LogP contribution is 2.34. The molecule has 152 valence electrons. The Labute approximate surface area is 168 Å². The zero-order chi connectivity index (χ0) is 21.6. The van der Waals surface area contributed by atoms with Gasteiger partial charge in [0.25, 0.3) is 11.7 Å². The van der Waals surface area contributed by atoms with Crippen molar-refractivity contribution in [1.29, 1.82) is 0 Å². The van der Waals surface area contributed by atoms with Crippen LogP contribution in [-0.2, 0) is 16.1 Å². The first-order valence-electron chi connectivity index (χ1n) is 9.24. The van der Waals surface area contributed by atoms with Crippen molar-refractivity contribution in [3.05, 3.63) is 65.4 Å². The Bertz CT molecular complexity index is 1040. The molecule has 3 N–H and O–H groups in total. The third kappa shape index (κ3) is 4.63. The van der Waals surface area contributed by atoms with E-state index in [1.165, 1.54) is 0 Å². The molecule has 0 saturated carbocycles. The Balaban J connectivity index is 0.00000145. The van der Waals surface area contributed by atoms with Gasteiger partial charge in [-0.25, -0.2) is 4.79 Å². The van der Waals surface area contributed by atoms with Crippen molar-refractivity contribution in [2.75, 3.05) is 6.61 Å². The molecule has 0 aliphatic carbocycles. The lowest BCUT2D eigenvalue weighted by Crippen LogP contribution is -2.24. The number of ketones is 1. The number of aromatic nitrogens is 1. The Hall–Kier alpha value is -3.61. The molecule has 7 heteroatoms. The Morgan fingerprint density at radius 1 is 1.03 bits per heavy atom. The number of fused-ring (bicyclic) bond motifs is 1. The number of hydrogen-bond acceptors (Lipinski definition) is 4. The molecule has 29 heavy (non-hydrogen) atoms. The fourth-order valence-corrected chi connectivity index (χ4v) is 3.12. The van der Waals surface area contributed by atoms with Crippen LogP contribution in [-0.4, -0.2) is 33.9 Å². The van der Waals surface area contributed by atoms with Crippen LogP contribution in [0.25, 0.3) is 10.9 Å². The maximum absolute atomic E-state index is 12.5. The van der Waals surface area contributed by atoms with Gasteiger partial charge in [0.1, 0.15) is 5.75 Å². The second-order valence-electron chi connectivity index (χ2n) is 6.06. The summed E-state index contributed by atoms with van der Waals surface area (Å²) in [6, 6.07) is 14.7. The van der Waals surface area contributed by atoms with E-state index < -0.39 is 24.3 Å². The van der Waals surface area contributed by atoms with Crippen molar-refractivity contribution in [2.24, 2.45) is 5.73 Å². The summed E-state index contributed by atoms with van der Waals surface area (Å²) in [6.07, 6.45) is 0. The fourth-order valence-electron chi connectivity index (χ4n) is 3.12. The molecule has 0 unspecified atom stereocenters. The number of carbonyl (C=O) groups is 3. The van der Waals surface area contributed by atoms with Gasteiger partial charge >= 0.3 is 5.97 Å². The van der Waals surface area contributed by atoms with E-state index in [1.54, 1.807) is 25.1 Å². The van der Waals surface area contributed by atoms with Crippen molar-refractivity contribution in [2.45, 2.75) is 27.3 Å². The number of Topliss-reactive ketones (excluding diaryl/α,β-unsaturated/α-hetero) is 1. The number of carbonyl (C=O) groups excluding carboxylic acids is 2. The number of amides is 1. The van der Waals surface area contributed by atoms with Gasteiger partial charge in [0.15, 0.2) is 6.61 Å². The predicted octanol–water partition coefficient (Wildman–Crippen LogP) is 3.16. The van der Waals surface area contributed by atoms with Gasteiger partial charge in [0, 0.05) is 12.2 Å². The Morgan fingerprint density at radius 3 is 2.28 bits per heavy atom. The van der Waals surface area contributed by atoms with Gasteiger partial charge in [0.05, 0.1) is 16.5 Å². The maximum atomic E-state index is 12.5. The molecule has 2 aromatic carbocycles. The summed E-state index contributed by atoms with van der Waals surface area (Å²) < 4.78 is 7.24. The number of rotatable bonds is 7. The zero-order valence-corrected chi connectivity index (χ0v) is 16.6. The molecule has 0 spiro atoms. The third-order valence-electron chi connectivity index (χ3n) is 4.30. The van der Waals surface area contributed by atoms with Crippen molar-refractivity contribution >= 4 is 28.6 Å². The molecule has 7 nitrogen and oxygen atoms in total. The lowest BCUT2D eigenvalue weighted by molar-refractivity contribution is -0.139. The van der Waals surface area contributed by atoms with Crippen LogP contribution in [0.1, 0.15) is 35.5 Å². The minimum atomic E-state index is -1.14. The van der Waals surface area contributed by atoms with E-state index in [0.717, 1.165) is 5.56 Å². The minimum Gasteiger partial charge on any atom is -0.481 e. The lowest BCUT2D eigenvalue weighted by Gasteiger charge is -2.09. The van der Waals surface area contributed by atoms with E-state index in [0.29, 0.717) is 23.1 Å². The SMILES string of the molecule is CC.Cc1c(C(=O)C(N)=O)c2c(OCC(=O)O)cccc2n1Cc1ccccc1. The number of aliphatic carboxylic acids is 1. The van der Waals surface area contributed by atoms with Gasteiger partial charge in [-0.1, -0.05) is 50.2 Å². The number of nitrogens with zero attached hydrogens (tertiary/aromatic N) is 1. The van der Waals surface area contributed by atoms with Crippen molar-refractivity contribution in [3.8, 4) is 5.75 Å². The van der Waals surface area contributed by atoms with E-state index in [4.69, 9.17) is 15.6 Å². The van der Waals surface area contributed by atoms with Gasteiger partial charge in [-0.05, 0) is 24.6 Å². The number of nitrogens with two attached hydrogens (primary N) is 1. The summed E-state index contributed by atoms with van der Waals surface area (Å²) >= 11 is 0. The molecule has 0 atom stereocenters. The van der Waals surface area contributed by atoms with E-state index >= 15 is 0 Å². The molecule has 0 fully saturated rings. The van der Waals surface area contributed by atoms with Gasteiger partial charge in [-0.3, -0.25) is 9.59 Å². The lowest BCUT2D eigenvalue weighted by atomic mass is 10.1. The van der Waals surface area contributed by atoms with Crippen LogP contribution in [0.2, 0.25) is 0 Å². The second kappa shape index (κ2) is 9.54. The van der Waals surface area contributed by atoms with E-state index in [2.05, 4.69) is 0 Å². The zero-order valence-electron chi connectivity index (χ0n) is 16.6. The normalized spacial score (nSPS) is 10.2. The molecule has 0 bridgehead atoms. The molecule has 1 heterocycles. The molecule has 1 amide bonds. The van der Waals surface area contributed by atoms with Crippen LogP contribution in [0.5, 0.6) is 5.75 Å². The summed E-state index contributed by atoms with van der Waals surface area (Å²) in [6.45, 7) is 5.63. The van der Waals surface area contributed by atoms with Gasteiger partial charge in [-0.2, -0.15) is 0 Å². The third-order valence-corrected chi connectivity index (χ3v) is 4.30. The summed E-state index contributed by atoms with van der Waals surface area (Å²) in [4.78, 5) is 34.9. The van der Waals surface area contributed by atoms with Crippen molar-refractivity contribution < 1.29 is 24.2 Å². The summed E-state index contributed by atoms with van der Waals surface area (Å²) in [5.41, 5.74) is 7.59. The first kappa shape index (κ1) is 21.7. The van der Waals surface area contributed by atoms with Crippen LogP contribution >= 0.6 is 0 Å². The fraction of sp³-hybridized carbons (Fsp3) is 0.227. The Morgan fingerprint density at radius 2 is 1.69 bits per heavy atom. The number of hydrogen-bond donors (Lipinski definition) is 2. The summed E-state index contributed by atoms with van der Waals surface area (Å²) in [5.74, 6) is -2.84.